The van der Waals surface area contributed by atoms with E-state index in [9.17, 15) is 9.13 Å². The lowest BCUT2D eigenvalue weighted by atomic mass is 10.0. The highest BCUT2D eigenvalue weighted by Crippen LogP contribution is 2.52. The van der Waals surface area contributed by atoms with Crippen LogP contribution in [0.5, 0.6) is 0 Å². The van der Waals surface area contributed by atoms with Gasteiger partial charge in [0, 0.05) is 0 Å². The van der Waals surface area contributed by atoms with Crippen LogP contribution in [0.3, 0.4) is 0 Å². The SMILES string of the molecule is CCOP(=O)(Cc1ccc(-c2ccc(CP(=O)(OCC)OCC)cc2)cc1)OCC. The molecule has 166 valence electrons. The van der Waals surface area contributed by atoms with Gasteiger partial charge in [0.2, 0.25) is 0 Å². The first-order chi connectivity index (χ1) is 14.4. The first-order valence-corrected chi connectivity index (χ1v) is 13.8. The zero-order valence-corrected chi connectivity index (χ0v) is 20.0. The third-order valence-corrected chi connectivity index (χ3v) is 8.41. The molecular formula is C22H32O6P2. The van der Waals surface area contributed by atoms with Gasteiger partial charge in [0.25, 0.3) is 0 Å². The van der Waals surface area contributed by atoms with Crippen LogP contribution in [-0.4, -0.2) is 26.4 Å². The van der Waals surface area contributed by atoms with Crippen molar-refractivity contribution in [3.05, 3.63) is 59.7 Å². The Morgan fingerprint density at radius 3 is 1.03 bits per heavy atom. The lowest BCUT2D eigenvalue weighted by Gasteiger charge is -2.17. The van der Waals surface area contributed by atoms with Crippen molar-refractivity contribution in [3.63, 3.8) is 0 Å². The van der Waals surface area contributed by atoms with Crippen LogP contribution in [0.1, 0.15) is 38.8 Å². The molecule has 0 radical (unpaired) electrons. The maximum absolute atomic E-state index is 12.7. The third-order valence-electron chi connectivity index (χ3n) is 4.30. The Labute approximate surface area is 180 Å². The van der Waals surface area contributed by atoms with E-state index in [1.165, 1.54) is 0 Å². The Bertz CT molecular complexity index is 771. The van der Waals surface area contributed by atoms with Crippen LogP contribution < -0.4 is 0 Å². The Balaban J connectivity index is 2.10. The largest absolute Gasteiger partial charge is 0.335 e. The van der Waals surface area contributed by atoms with Crippen molar-refractivity contribution in [1.29, 1.82) is 0 Å². The standard InChI is InChI=1S/C22H32O6P2/c1-5-25-29(23,26-6-2)17-19-9-13-21(14-10-19)22-15-11-20(12-16-22)18-30(24,27-7-3)28-8-4/h9-16H,5-8,17-18H2,1-4H3. The molecule has 8 heteroatoms. The van der Waals surface area contributed by atoms with Gasteiger partial charge >= 0.3 is 15.2 Å². The van der Waals surface area contributed by atoms with Gasteiger partial charge < -0.3 is 18.1 Å². The van der Waals surface area contributed by atoms with Crippen LogP contribution in [0, 0.1) is 0 Å². The van der Waals surface area contributed by atoms with Gasteiger partial charge in [-0.25, -0.2) is 0 Å². The number of benzene rings is 2. The number of hydrogen-bond acceptors (Lipinski definition) is 6. The smallest absolute Gasteiger partial charge is 0.309 e. The van der Waals surface area contributed by atoms with E-state index in [0.29, 0.717) is 26.4 Å². The van der Waals surface area contributed by atoms with Gasteiger partial charge in [-0.05, 0) is 49.9 Å². The molecule has 0 spiro atoms. The molecule has 0 aliphatic heterocycles. The van der Waals surface area contributed by atoms with E-state index >= 15 is 0 Å². The minimum Gasteiger partial charge on any atom is -0.309 e. The Hall–Kier alpha value is -1.26. The van der Waals surface area contributed by atoms with Gasteiger partial charge in [0.15, 0.2) is 0 Å². The normalized spacial score (nSPS) is 12.3. The highest BCUT2D eigenvalue weighted by Gasteiger charge is 2.25. The molecule has 2 aromatic carbocycles. The van der Waals surface area contributed by atoms with Crippen molar-refractivity contribution in [2.45, 2.75) is 40.0 Å². The van der Waals surface area contributed by atoms with Crippen LogP contribution in [0.2, 0.25) is 0 Å². The molecule has 0 fully saturated rings. The summed E-state index contributed by atoms with van der Waals surface area (Å²) in [7, 11) is -6.23. The topological polar surface area (TPSA) is 71.1 Å². The molecule has 6 nitrogen and oxygen atoms in total. The molecule has 30 heavy (non-hydrogen) atoms. The maximum Gasteiger partial charge on any atom is 0.335 e. The third kappa shape index (κ3) is 7.46. The van der Waals surface area contributed by atoms with Crippen LogP contribution in [0.25, 0.3) is 11.1 Å². The van der Waals surface area contributed by atoms with Crippen molar-refractivity contribution in [2.24, 2.45) is 0 Å². The fourth-order valence-corrected chi connectivity index (χ4v) is 6.50. The van der Waals surface area contributed by atoms with Crippen molar-refractivity contribution in [2.75, 3.05) is 26.4 Å². The Morgan fingerprint density at radius 1 is 0.533 bits per heavy atom. The lowest BCUT2D eigenvalue weighted by Crippen LogP contribution is -1.99. The van der Waals surface area contributed by atoms with Crippen LogP contribution in [0.15, 0.2) is 48.5 Å². The van der Waals surface area contributed by atoms with E-state index in [-0.39, 0.29) is 12.3 Å². The van der Waals surface area contributed by atoms with E-state index in [4.69, 9.17) is 18.1 Å². The first kappa shape index (κ1) is 25.0. The predicted octanol–water partition coefficient (Wildman–Crippen LogP) is 6.89. The molecule has 0 N–H and O–H groups in total. The van der Waals surface area contributed by atoms with Crippen molar-refractivity contribution in [3.8, 4) is 11.1 Å². The van der Waals surface area contributed by atoms with E-state index in [1.807, 2.05) is 48.5 Å². The summed E-state index contributed by atoms with van der Waals surface area (Å²) in [6.07, 6.45) is 0.496. The molecule has 0 aromatic heterocycles. The summed E-state index contributed by atoms with van der Waals surface area (Å²) in [4.78, 5) is 0. The van der Waals surface area contributed by atoms with Gasteiger partial charge in [-0.3, -0.25) is 9.13 Å². The molecule has 0 saturated heterocycles. The van der Waals surface area contributed by atoms with Gasteiger partial charge in [-0.2, -0.15) is 0 Å². The quantitative estimate of drug-likeness (QED) is 0.307. The molecule has 0 unspecified atom stereocenters. The van der Waals surface area contributed by atoms with Crippen molar-refractivity contribution in [1.82, 2.24) is 0 Å². The fraction of sp³-hybridized carbons (Fsp3) is 0.455. The maximum atomic E-state index is 12.7. The Kier molecular flexibility index (Phi) is 9.96. The van der Waals surface area contributed by atoms with Gasteiger partial charge in [-0.15, -0.1) is 0 Å². The second-order valence-electron chi connectivity index (χ2n) is 6.60. The summed E-state index contributed by atoms with van der Waals surface area (Å²) in [5.74, 6) is 0. The molecular weight excluding hydrogens is 422 g/mol. The minimum absolute atomic E-state index is 0.248. The summed E-state index contributed by atoms with van der Waals surface area (Å²) in [6, 6.07) is 15.7. The minimum atomic E-state index is -3.12. The fourth-order valence-electron chi connectivity index (χ4n) is 3.10. The van der Waals surface area contributed by atoms with Gasteiger partial charge in [-0.1, -0.05) is 48.5 Å². The molecule has 0 saturated carbocycles. The zero-order valence-electron chi connectivity index (χ0n) is 18.2. The summed E-state index contributed by atoms with van der Waals surface area (Å²) < 4.78 is 46.9. The highest BCUT2D eigenvalue weighted by molar-refractivity contribution is 7.53. The summed E-state index contributed by atoms with van der Waals surface area (Å²) in [5, 5.41) is 0. The average Bonchev–Trinajstić information content (AvgIpc) is 2.70. The zero-order chi connectivity index (χ0) is 22.0. The monoisotopic (exact) mass is 454 g/mol. The summed E-state index contributed by atoms with van der Waals surface area (Å²) in [6.45, 7) is 8.62. The Morgan fingerprint density at radius 2 is 0.800 bits per heavy atom. The highest BCUT2D eigenvalue weighted by atomic mass is 31.2. The second kappa shape index (κ2) is 12.0. The van der Waals surface area contributed by atoms with E-state index < -0.39 is 15.2 Å². The first-order valence-electron chi connectivity index (χ1n) is 10.3. The molecule has 0 aliphatic rings. The van der Waals surface area contributed by atoms with Crippen LogP contribution in [0.4, 0.5) is 0 Å². The van der Waals surface area contributed by atoms with Crippen molar-refractivity contribution < 1.29 is 27.2 Å². The molecule has 2 aromatic rings. The second-order valence-corrected chi connectivity index (χ2v) is 10.7. The van der Waals surface area contributed by atoms with E-state index in [0.717, 1.165) is 22.3 Å². The number of rotatable bonds is 13. The summed E-state index contributed by atoms with van der Waals surface area (Å²) >= 11 is 0. The van der Waals surface area contributed by atoms with Crippen molar-refractivity contribution >= 4 is 15.2 Å². The predicted molar refractivity (Wildman–Crippen MR) is 121 cm³/mol. The van der Waals surface area contributed by atoms with Crippen LogP contribution in [-0.2, 0) is 39.5 Å². The molecule has 2 rings (SSSR count). The van der Waals surface area contributed by atoms with Gasteiger partial charge in [0.05, 0.1) is 38.8 Å². The van der Waals surface area contributed by atoms with Gasteiger partial charge in [0.1, 0.15) is 0 Å². The molecule has 0 aliphatic carbocycles. The van der Waals surface area contributed by atoms with E-state index in [2.05, 4.69) is 0 Å². The number of hydrogen-bond donors (Lipinski definition) is 0. The lowest BCUT2D eigenvalue weighted by molar-refractivity contribution is 0.218. The van der Waals surface area contributed by atoms with Crippen LogP contribution >= 0.6 is 15.2 Å². The summed E-state index contributed by atoms with van der Waals surface area (Å²) in [5.41, 5.74) is 3.86. The average molecular weight is 454 g/mol. The molecule has 0 heterocycles. The molecule has 0 amide bonds. The molecule has 0 bridgehead atoms. The molecule has 0 atom stereocenters. The van der Waals surface area contributed by atoms with E-state index in [1.54, 1.807) is 27.7 Å².